The summed E-state index contributed by atoms with van der Waals surface area (Å²) in [6, 6.07) is 6.78. The van der Waals surface area contributed by atoms with Crippen LogP contribution in [0.1, 0.15) is 106 Å². The van der Waals surface area contributed by atoms with Gasteiger partial charge in [-0.1, -0.05) is 79.9 Å². The number of carbonyl (C=O) groups excluding carboxylic acids is 1. The number of methoxy groups -OCH3 is 1. The molecule has 1 saturated heterocycles. The van der Waals surface area contributed by atoms with Crippen molar-refractivity contribution in [1.82, 2.24) is 0 Å². The first-order valence-electron chi connectivity index (χ1n) is 16.8. The van der Waals surface area contributed by atoms with Gasteiger partial charge in [0.15, 0.2) is 16.6 Å². The van der Waals surface area contributed by atoms with E-state index in [9.17, 15) is 4.79 Å². The van der Waals surface area contributed by atoms with E-state index in [1.54, 1.807) is 0 Å². The van der Waals surface area contributed by atoms with E-state index in [1.807, 2.05) is 0 Å². The quantitative estimate of drug-likeness (QED) is 0.0593. The molecule has 1 saturated carbocycles. The van der Waals surface area contributed by atoms with Crippen LogP contribution >= 0.6 is 0 Å². The lowest BCUT2D eigenvalue weighted by molar-refractivity contribution is -0.140. The molecule has 0 N–H and O–H groups in total. The van der Waals surface area contributed by atoms with E-state index >= 15 is 4.39 Å². The Morgan fingerprint density at radius 1 is 0.951 bits per heavy atom. The van der Waals surface area contributed by atoms with Crippen LogP contribution in [0.25, 0.3) is 0 Å². The minimum absolute atomic E-state index is 0.0249. The number of rotatable bonds is 20. The van der Waals surface area contributed by atoms with Crippen molar-refractivity contribution >= 4 is 22.6 Å². The normalized spacial score (nSPS) is 24.9. The Hall–Kier alpha value is -0.966. The Labute approximate surface area is 253 Å². The van der Waals surface area contributed by atoms with E-state index < -0.39 is 16.6 Å². The molecule has 5 nitrogen and oxygen atoms in total. The highest BCUT2D eigenvalue weighted by Crippen LogP contribution is 2.49. The van der Waals surface area contributed by atoms with Crippen LogP contribution in [-0.4, -0.2) is 48.0 Å². The van der Waals surface area contributed by atoms with Gasteiger partial charge in [-0.05, 0) is 49.1 Å². The molecule has 1 heterocycles. The fraction of sp³-hybridized carbons (Fsp3) is 0.848. The zero-order chi connectivity index (χ0) is 30.5. The fourth-order valence-corrected chi connectivity index (χ4v) is 12.5. The number of halogens is 1. The average molecular weight is 613 g/mol. The van der Waals surface area contributed by atoms with E-state index in [2.05, 4.69) is 60.6 Å². The molecule has 5 atom stereocenters. The highest BCUT2D eigenvalue weighted by molar-refractivity contribution is 6.74. The summed E-state index contributed by atoms with van der Waals surface area (Å²) in [6.07, 6.45) is 11.9. The summed E-state index contributed by atoms with van der Waals surface area (Å²) in [5.41, 5.74) is 0. The molecule has 1 aliphatic carbocycles. The maximum absolute atomic E-state index is 15.2. The molecule has 0 aromatic carbocycles. The summed E-state index contributed by atoms with van der Waals surface area (Å²) in [7, 11) is -2.21. The third-order valence-electron chi connectivity index (χ3n) is 10.2. The molecular weight excluding hydrogens is 552 g/mol. The van der Waals surface area contributed by atoms with Gasteiger partial charge in [-0.3, -0.25) is 4.79 Å². The zero-order valence-corrected chi connectivity index (χ0v) is 29.6. The van der Waals surface area contributed by atoms with Gasteiger partial charge in [0.2, 0.25) is 0 Å². The number of hydrogen-bond donors (Lipinski definition) is 0. The number of esters is 1. The van der Waals surface area contributed by atoms with Crippen molar-refractivity contribution in [2.24, 2.45) is 11.8 Å². The van der Waals surface area contributed by atoms with Crippen molar-refractivity contribution < 1.29 is 27.5 Å². The Balaban J connectivity index is 2.32. The van der Waals surface area contributed by atoms with Gasteiger partial charge in [-0.2, -0.15) is 0 Å². The molecule has 0 spiro atoms. The predicted molar refractivity (Wildman–Crippen MR) is 173 cm³/mol. The van der Waals surface area contributed by atoms with Crippen molar-refractivity contribution in [2.45, 2.75) is 161 Å². The molecule has 0 bridgehead atoms. The van der Waals surface area contributed by atoms with Gasteiger partial charge in [-0.25, -0.2) is 4.39 Å². The standard InChI is InChI=1S/C33H61FO5Si2/c1-9-16-17-19-26(38-40(10-2,11-3)12-4)22-23-27-28-24-32(29(34)20-18-21-33(35)36-8)37-30(28)25-31(27)39-41(13-5,14-6)15-7/h22-23,26-28,30-31H,9-21,24-25H2,1-8H3/b23-22+,32-29+/t26-,27+,28+,30-,31+/m0/s1. The molecule has 0 unspecified atom stereocenters. The number of hydrogen-bond acceptors (Lipinski definition) is 5. The Kier molecular flexibility index (Phi) is 15.9. The van der Waals surface area contributed by atoms with Crippen molar-refractivity contribution in [3.05, 3.63) is 23.7 Å². The molecule has 0 aromatic rings. The first-order chi connectivity index (χ1) is 19.7. The van der Waals surface area contributed by atoms with Crippen LogP contribution in [0.3, 0.4) is 0 Å². The van der Waals surface area contributed by atoms with Crippen molar-refractivity contribution in [1.29, 1.82) is 0 Å². The zero-order valence-electron chi connectivity index (χ0n) is 27.6. The molecule has 8 heteroatoms. The van der Waals surface area contributed by atoms with Crippen LogP contribution in [0.4, 0.5) is 4.39 Å². The van der Waals surface area contributed by atoms with Gasteiger partial charge in [0, 0.05) is 37.5 Å². The first kappa shape index (κ1) is 36.2. The number of allylic oxidation sites excluding steroid dienone is 2. The summed E-state index contributed by atoms with van der Waals surface area (Å²) in [6.45, 7) is 16.0. The van der Waals surface area contributed by atoms with Crippen molar-refractivity contribution in [3.63, 3.8) is 0 Å². The van der Waals surface area contributed by atoms with Gasteiger partial charge in [0.1, 0.15) is 17.7 Å². The summed E-state index contributed by atoms with van der Waals surface area (Å²) < 4.78 is 40.3. The monoisotopic (exact) mass is 612 g/mol. The Morgan fingerprint density at radius 3 is 2.15 bits per heavy atom. The van der Waals surface area contributed by atoms with E-state index in [0.29, 0.717) is 18.6 Å². The fourth-order valence-electron chi connectivity index (χ4n) is 6.81. The van der Waals surface area contributed by atoms with E-state index in [1.165, 1.54) is 26.4 Å². The highest BCUT2D eigenvalue weighted by atomic mass is 28.4. The summed E-state index contributed by atoms with van der Waals surface area (Å²) in [4.78, 5) is 11.5. The maximum atomic E-state index is 15.2. The molecule has 238 valence electrons. The number of carbonyl (C=O) groups is 1. The second-order valence-electron chi connectivity index (χ2n) is 12.3. The van der Waals surface area contributed by atoms with Gasteiger partial charge < -0.3 is 18.3 Å². The van der Waals surface area contributed by atoms with Crippen LogP contribution in [-0.2, 0) is 23.1 Å². The molecule has 0 radical (unpaired) electrons. The third kappa shape index (κ3) is 10.0. The Morgan fingerprint density at radius 2 is 1.59 bits per heavy atom. The molecule has 2 fully saturated rings. The number of fused-ring (bicyclic) bond motifs is 1. The molecule has 0 amide bonds. The molecule has 1 aliphatic heterocycles. The summed E-state index contributed by atoms with van der Waals surface area (Å²) in [5, 5.41) is 0. The SMILES string of the molecule is CCCCC[C@@H](/C=C/[C@@H]1[C@H]2C/C(=C(\F)CCCC(=O)OC)O[C@H]2C[C@H]1O[Si](CC)(CC)CC)O[Si](CC)(CC)CC. The summed E-state index contributed by atoms with van der Waals surface area (Å²) >= 11 is 0. The smallest absolute Gasteiger partial charge is 0.305 e. The van der Waals surface area contributed by atoms with Crippen LogP contribution in [0.5, 0.6) is 0 Å². The maximum Gasteiger partial charge on any atom is 0.305 e. The number of ether oxygens (including phenoxy) is 2. The van der Waals surface area contributed by atoms with Crippen LogP contribution in [0.15, 0.2) is 23.7 Å². The van der Waals surface area contributed by atoms with E-state index in [-0.39, 0.29) is 54.8 Å². The topological polar surface area (TPSA) is 54.0 Å². The van der Waals surface area contributed by atoms with E-state index in [0.717, 1.165) is 49.1 Å². The first-order valence-corrected chi connectivity index (χ1v) is 21.9. The van der Waals surface area contributed by atoms with Crippen molar-refractivity contribution in [3.8, 4) is 0 Å². The third-order valence-corrected chi connectivity index (χ3v) is 19.5. The van der Waals surface area contributed by atoms with Crippen molar-refractivity contribution in [2.75, 3.05) is 7.11 Å². The lowest BCUT2D eigenvalue weighted by atomic mass is 9.90. The molecular formula is C33H61FO5Si2. The summed E-state index contributed by atoms with van der Waals surface area (Å²) in [5.74, 6) is 0.363. The molecule has 0 aromatic heterocycles. The minimum atomic E-state index is -1.82. The average Bonchev–Trinajstić information content (AvgIpc) is 3.55. The van der Waals surface area contributed by atoms with Gasteiger partial charge in [-0.15, -0.1) is 0 Å². The largest absolute Gasteiger partial charge is 0.492 e. The van der Waals surface area contributed by atoms with Gasteiger partial charge in [0.05, 0.1) is 19.3 Å². The lowest BCUT2D eigenvalue weighted by Crippen LogP contribution is -2.41. The van der Waals surface area contributed by atoms with E-state index in [4.69, 9.17) is 18.3 Å². The molecule has 2 aliphatic rings. The molecule has 2 rings (SSSR count). The lowest BCUT2D eigenvalue weighted by Gasteiger charge is -2.35. The molecule has 41 heavy (non-hydrogen) atoms. The predicted octanol–water partition coefficient (Wildman–Crippen LogP) is 9.85. The van der Waals surface area contributed by atoms with Gasteiger partial charge >= 0.3 is 5.97 Å². The van der Waals surface area contributed by atoms with Crippen LogP contribution < -0.4 is 0 Å². The van der Waals surface area contributed by atoms with Crippen LogP contribution in [0.2, 0.25) is 36.3 Å². The minimum Gasteiger partial charge on any atom is -0.492 e. The van der Waals surface area contributed by atoms with Crippen LogP contribution in [0, 0.1) is 11.8 Å². The second-order valence-corrected chi connectivity index (χ2v) is 21.7. The number of unbranched alkanes of at least 4 members (excludes halogenated alkanes) is 2. The second kappa shape index (κ2) is 18.0. The van der Waals surface area contributed by atoms with Gasteiger partial charge in [0.25, 0.3) is 0 Å². The highest BCUT2D eigenvalue weighted by Gasteiger charge is 2.51. The Bertz CT molecular complexity index is 823.